The third-order valence-electron chi connectivity index (χ3n) is 3.16. The van der Waals surface area contributed by atoms with E-state index in [9.17, 15) is 18.0 Å². The number of anilines is 1. The SMILES string of the molecule is O=C(O)C1CCN(c2ccc(Cl)c(C(F)(F)F)c2)C1. The van der Waals surface area contributed by atoms with Gasteiger partial charge in [-0.15, -0.1) is 0 Å². The Balaban J connectivity index is 2.25. The molecule has 0 bridgehead atoms. The van der Waals surface area contributed by atoms with Gasteiger partial charge in [0.2, 0.25) is 0 Å². The fourth-order valence-electron chi connectivity index (χ4n) is 2.12. The molecule has 0 saturated carbocycles. The van der Waals surface area contributed by atoms with Crippen molar-refractivity contribution in [3.05, 3.63) is 28.8 Å². The lowest BCUT2D eigenvalue weighted by Gasteiger charge is -2.20. The van der Waals surface area contributed by atoms with Crippen molar-refractivity contribution in [3.8, 4) is 0 Å². The summed E-state index contributed by atoms with van der Waals surface area (Å²) < 4.78 is 38.2. The van der Waals surface area contributed by atoms with Gasteiger partial charge in [-0.1, -0.05) is 11.6 Å². The van der Waals surface area contributed by atoms with Crippen LogP contribution in [0.2, 0.25) is 5.02 Å². The molecular formula is C12H11ClF3NO2. The van der Waals surface area contributed by atoms with E-state index in [-0.39, 0.29) is 11.6 Å². The van der Waals surface area contributed by atoms with E-state index in [1.807, 2.05) is 0 Å². The molecule has 2 rings (SSSR count). The third-order valence-corrected chi connectivity index (χ3v) is 3.49. The number of carboxylic acids is 1. The molecule has 1 aromatic rings. The van der Waals surface area contributed by atoms with E-state index in [2.05, 4.69) is 0 Å². The van der Waals surface area contributed by atoms with Crippen molar-refractivity contribution in [1.82, 2.24) is 0 Å². The summed E-state index contributed by atoms with van der Waals surface area (Å²) in [6.45, 7) is 0.643. The van der Waals surface area contributed by atoms with Crippen molar-refractivity contribution in [2.75, 3.05) is 18.0 Å². The lowest BCUT2D eigenvalue weighted by molar-refractivity contribution is -0.141. The molecule has 0 radical (unpaired) electrons. The molecule has 0 amide bonds. The Bertz CT molecular complexity index is 504. The van der Waals surface area contributed by atoms with Crippen LogP contribution in [0.15, 0.2) is 18.2 Å². The van der Waals surface area contributed by atoms with Gasteiger partial charge in [0.25, 0.3) is 0 Å². The molecule has 0 spiro atoms. The largest absolute Gasteiger partial charge is 0.481 e. The highest BCUT2D eigenvalue weighted by molar-refractivity contribution is 6.31. The molecule has 1 aromatic carbocycles. The van der Waals surface area contributed by atoms with Gasteiger partial charge in [-0.2, -0.15) is 13.2 Å². The highest BCUT2D eigenvalue weighted by Crippen LogP contribution is 2.37. The van der Waals surface area contributed by atoms with Crippen LogP contribution < -0.4 is 4.90 Å². The second-order valence-corrected chi connectivity index (χ2v) is 4.84. The van der Waals surface area contributed by atoms with Crippen molar-refractivity contribution in [2.24, 2.45) is 5.92 Å². The first-order valence-corrected chi connectivity index (χ1v) is 6.01. The van der Waals surface area contributed by atoms with E-state index < -0.39 is 23.6 Å². The summed E-state index contributed by atoms with van der Waals surface area (Å²) in [4.78, 5) is 12.5. The number of rotatable bonds is 2. The smallest absolute Gasteiger partial charge is 0.417 e. The van der Waals surface area contributed by atoms with Gasteiger partial charge in [0, 0.05) is 18.8 Å². The van der Waals surface area contributed by atoms with Crippen molar-refractivity contribution in [2.45, 2.75) is 12.6 Å². The topological polar surface area (TPSA) is 40.5 Å². The fourth-order valence-corrected chi connectivity index (χ4v) is 2.35. The minimum atomic E-state index is -4.51. The third kappa shape index (κ3) is 2.94. The first-order valence-electron chi connectivity index (χ1n) is 5.63. The molecule has 19 heavy (non-hydrogen) atoms. The Morgan fingerprint density at radius 2 is 2.11 bits per heavy atom. The van der Waals surface area contributed by atoms with Crippen molar-refractivity contribution in [1.29, 1.82) is 0 Å². The molecular weight excluding hydrogens is 283 g/mol. The Labute approximate surface area is 112 Å². The van der Waals surface area contributed by atoms with Gasteiger partial charge in [0.1, 0.15) is 0 Å². The highest BCUT2D eigenvalue weighted by Gasteiger charge is 2.35. The zero-order chi connectivity index (χ0) is 14.2. The summed E-state index contributed by atoms with van der Waals surface area (Å²) in [6, 6.07) is 3.63. The Kier molecular flexibility index (Phi) is 3.62. The number of carbonyl (C=O) groups is 1. The van der Waals surface area contributed by atoms with Gasteiger partial charge in [0.15, 0.2) is 0 Å². The van der Waals surface area contributed by atoms with E-state index in [0.29, 0.717) is 18.7 Å². The van der Waals surface area contributed by atoms with Crippen LogP contribution in [0.3, 0.4) is 0 Å². The Morgan fingerprint density at radius 1 is 1.42 bits per heavy atom. The van der Waals surface area contributed by atoms with Gasteiger partial charge in [-0.05, 0) is 24.6 Å². The zero-order valence-electron chi connectivity index (χ0n) is 9.75. The predicted molar refractivity (Wildman–Crippen MR) is 64.4 cm³/mol. The van der Waals surface area contributed by atoms with Crippen LogP contribution in [0.5, 0.6) is 0 Å². The van der Waals surface area contributed by atoms with Crippen LogP contribution >= 0.6 is 11.6 Å². The molecule has 1 heterocycles. The van der Waals surface area contributed by atoms with Crippen LogP contribution in [0, 0.1) is 5.92 Å². The normalized spacial score (nSPS) is 19.8. The summed E-state index contributed by atoms with van der Waals surface area (Å²) in [7, 11) is 0. The minimum absolute atomic E-state index is 0.217. The van der Waals surface area contributed by atoms with E-state index >= 15 is 0 Å². The van der Waals surface area contributed by atoms with E-state index in [4.69, 9.17) is 16.7 Å². The van der Waals surface area contributed by atoms with E-state index in [1.54, 1.807) is 4.90 Å². The molecule has 1 saturated heterocycles. The number of halogens is 4. The number of hydrogen-bond acceptors (Lipinski definition) is 2. The molecule has 1 aliphatic rings. The first kappa shape index (κ1) is 14.0. The number of hydrogen-bond donors (Lipinski definition) is 1. The van der Waals surface area contributed by atoms with Crippen LogP contribution in [0.4, 0.5) is 18.9 Å². The average molecular weight is 294 g/mol. The van der Waals surface area contributed by atoms with Crippen LogP contribution in [0.1, 0.15) is 12.0 Å². The van der Waals surface area contributed by atoms with Crippen LogP contribution in [-0.2, 0) is 11.0 Å². The molecule has 1 N–H and O–H groups in total. The maximum absolute atomic E-state index is 12.7. The quantitative estimate of drug-likeness (QED) is 0.910. The second kappa shape index (κ2) is 4.92. The van der Waals surface area contributed by atoms with Gasteiger partial charge < -0.3 is 10.0 Å². The maximum atomic E-state index is 12.7. The first-order chi connectivity index (χ1) is 8.79. The standard InChI is InChI=1S/C12H11ClF3NO2/c13-10-2-1-8(5-9(10)12(14,15)16)17-4-3-7(6-17)11(18)19/h1-2,5,7H,3-4,6H2,(H,18,19). The lowest BCUT2D eigenvalue weighted by atomic mass is 10.1. The molecule has 104 valence electrons. The Hall–Kier alpha value is -1.43. The van der Waals surface area contributed by atoms with Gasteiger partial charge >= 0.3 is 12.1 Å². The molecule has 0 aromatic heterocycles. The van der Waals surface area contributed by atoms with E-state index in [1.165, 1.54) is 12.1 Å². The molecule has 7 heteroatoms. The molecule has 1 aliphatic heterocycles. The summed E-state index contributed by atoms with van der Waals surface area (Å²) >= 11 is 5.53. The summed E-state index contributed by atoms with van der Waals surface area (Å²) in [5.74, 6) is -1.46. The summed E-state index contributed by atoms with van der Waals surface area (Å²) in [5, 5.41) is 8.52. The van der Waals surface area contributed by atoms with Crippen molar-refractivity contribution in [3.63, 3.8) is 0 Å². The summed E-state index contributed by atoms with van der Waals surface area (Å²) in [5.41, 5.74) is -0.550. The number of nitrogens with zero attached hydrogens (tertiary/aromatic N) is 1. The molecule has 0 aliphatic carbocycles. The average Bonchev–Trinajstić information content (AvgIpc) is 2.77. The second-order valence-electron chi connectivity index (χ2n) is 4.43. The van der Waals surface area contributed by atoms with Crippen molar-refractivity contribution >= 4 is 23.3 Å². The molecule has 1 fully saturated rings. The fraction of sp³-hybridized carbons (Fsp3) is 0.417. The number of aliphatic carboxylic acids is 1. The van der Waals surface area contributed by atoms with Gasteiger partial charge in [-0.3, -0.25) is 4.79 Å². The predicted octanol–water partition coefficient (Wildman–Crippen LogP) is 3.27. The van der Waals surface area contributed by atoms with Crippen LogP contribution in [-0.4, -0.2) is 24.2 Å². The van der Waals surface area contributed by atoms with E-state index in [0.717, 1.165) is 6.07 Å². The van der Waals surface area contributed by atoms with Crippen molar-refractivity contribution < 1.29 is 23.1 Å². The van der Waals surface area contributed by atoms with Crippen LogP contribution in [0.25, 0.3) is 0 Å². The lowest BCUT2D eigenvalue weighted by Crippen LogP contribution is -2.23. The minimum Gasteiger partial charge on any atom is -0.481 e. The monoisotopic (exact) mass is 293 g/mol. The zero-order valence-corrected chi connectivity index (χ0v) is 10.5. The Morgan fingerprint density at radius 3 is 2.63 bits per heavy atom. The number of alkyl halides is 3. The molecule has 1 unspecified atom stereocenters. The molecule has 1 atom stereocenters. The highest BCUT2D eigenvalue weighted by atomic mass is 35.5. The summed E-state index contributed by atoms with van der Waals surface area (Å²) in [6.07, 6.45) is -4.08. The van der Waals surface area contributed by atoms with Gasteiger partial charge in [0.05, 0.1) is 16.5 Å². The molecule has 3 nitrogen and oxygen atoms in total. The number of benzene rings is 1. The van der Waals surface area contributed by atoms with Gasteiger partial charge in [-0.25, -0.2) is 0 Å². The number of carboxylic acid groups (broad SMARTS) is 1. The maximum Gasteiger partial charge on any atom is 0.417 e.